The molecule has 1 saturated carbocycles. The van der Waals surface area contributed by atoms with E-state index in [0.29, 0.717) is 23.4 Å². The van der Waals surface area contributed by atoms with Gasteiger partial charge in [0.1, 0.15) is 0 Å². The number of carbonyl (C=O) groups is 1. The van der Waals surface area contributed by atoms with Crippen LogP contribution in [0.1, 0.15) is 32.6 Å². The lowest BCUT2D eigenvalue weighted by Gasteiger charge is -2.28. The maximum absolute atomic E-state index is 12.0. The number of nitrogens with one attached hydrogen (secondary N) is 1. The van der Waals surface area contributed by atoms with Crippen LogP contribution in [0, 0.1) is 5.41 Å². The summed E-state index contributed by atoms with van der Waals surface area (Å²) in [4.78, 5) is 14.1. The maximum atomic E-state index is 12.0. The molecule has 3 heteroatoms. The molecule has 0 spiro atoms. The lowest BCUT2D eigenvalue weighted by atomic mass is 10.0. The predicted octanol–water partition coefficient (Wildman–Crippen LogP) is 0.749. The summed E-state index contributed by atoms with van der Waals surface area (Å²) in [6.45, 7) is 4.21. The van der Waals surface area contributed by atoms with Gasteiger partial charge in [-0.15, -0.1) is 0 Å². The van der Waals surface area contributed by atoms with Gasteiger partial charge in [0.25, 0.3) is 0 Å². The smallest absolute Gasteiger partial charge is 0.223 e. The van der Waals surface area contributed by atoms with E-state index in [4.69, 9.17) is 0 Å². The fourth-order valence-electron chi connectivity index (χ4n) is 2.72. The Morgan fingerprint density at radius 2 is 2.36 bits per heavy atom. The third-order valence-electron chi connectivity index (χ3n) is 4.06. The molecule has 3 nitrogen and oxygen atoms in total. The molecule has 3 aliphatic rings. The van der Waals surface area contributed by atoms with E-state index in [0.717, 1.165) is 19.5 Å². The van der Waals surface area contributed by atoms with Gasteiger partial charge in [-0.25, -0.2) is 0 Å². The van der Waals surface area contributed by atoms with E-state index in [-0.39, 0.29) is 0 Å². The molecule has 0 aromatic heterocycles. The molecule has 1 N–H and O–H groups in total. The first kappa shape index (κ1) is 8.72. The van der Waals surface area contributed by atoms with Gasteiger partial charge in [-0.3, -0.25) is 4.79 Å². The van der Waals surface area contributed by atoms with E-state index in [1.807, 2.05) is 0 Å². The van der Waals surface area contributed by atoms with Gasteiger partial charge in [-0.1, -0.05) is 6.92 Å². The molecule has 0 radical (unpaired) electrons. The average molecular weight is 194 g/mol. The van der Waals surface area contributed by atoms with Gasteiger partial charge in [-0.05, 0) is 24.7 Å². The van der Waals surface area contributed by atoms with Crippen LogP contribution < -0.4 is 5.32 Å². The largest absolute Gasteiger partial charge is 0.337 e. The van der Waals surface area contributed by atoms with Gasteiger partial charge < -0.3 is 10.2 Å². The lowest BCUT2D eigenvalue weighted by molar-refractivity contribution is -0.133. The van der Waals surface area contributed by atoms with Crippen molar-refractivity contribution >= 4 is 5.91 Å². The van der Waals surface area contributed by atoms with E-state index in [2.05, 4.69) is 17.1 Å². The molecule has 14 heavy (non-hydrogen) atoms. The molecular formula is C11H18N2O. The van der Waals surface area contributed by atoms with Crippen LogP contribution in [0.4, 0.5) is 0 Å². The Morgan fingerprint density at radius 3 is 2.86 bits per heavy atom. The molecule has 0 aromatic rings. The molecule has 3 fully saturated rings. The first-order valence-electron chi connectivity index (χ1n) is 5.69. The van der Waals surface area contributed by atoms with Crippen LogP contribution in [0.2, 0.25) is 0 Å². The zero-order valence-corrected chi connectivity index (χ0v) is 8.75. The second-order valence-corrected chi connectivity index (χ2v) is 5.53. The molecule has 1 amide bonds. The summed E-state index contributed by atoms with van der Waals surface area (Å²) in [5, 5.41) is 3.43. The molecule has 1 aliphatic carbocycles. The Bertz CT molecular complexity index is 272. The highest BCUT2D eigenvalue weighted by Gasteiger charge is 2.44. The number of amides is 1. The molecule has 2 heterocycles. The summed E-state index contributed by atoms with van der Waals surface area (Å²) in [5.41, 5.74) is 0.367. The Labute approximate surface area is 84.8 Å². The number of carbonyl (C=O) groups excluding carboxylic acids is 1. The highest BCUT2D eigenvalue weighted by molar-refractivity contribution is 5.78. The summed E-state index contributed by atoms with van der Waals surface area (Å²) in [6.07, 6.45) is 4.47. The first-order valence-corrected chi connectivity index (χ1v) is 5.69. The quantitative estimate of drug-likeness (QED) is 0.703. The zero-order valence-electron chi connectivity index (χ0n) is 8.75. The average Bonchev–Trinajstić information content (AvgIpc) is 2.67. The fraction of sp³-hybridized carbons (Fsp3) is 0.909. The summed E-state index contributed by atoms with van der Waals surface area (Å²) in [7, 11) is 0. The highest BCUT2D eigenvalue weighted by atomic mass is 16.2. The molecule has 3 rings (SSSR count). The standard InChI is InChI=1S/C11H18N2O/c1-11(2-3-11)5-10(14)13-7-8-4-9(13)6-12-8/h8-9,12H,2-7H2,1H3. The van der Waals surface area contributed by atoms with Gasteiger partial charge in [-0.2, -0.15) is 0 Å². The Morgan fingerprint density at radius 1 is 1.57 bits per heavy atom. The number of rotatable bonds is 2. The second kappa shape index (κ2) is 2.72. The molecule has 2 saturated heterocycles. The van der Waals surface area contributed by atoms with E-state index < -0.39 is 0 Å². The van der Waals surface area contributed by atoms with E-state index >= 15 is 0 Å². The minimum atomic E-state index is 0.367. The van der Waals surface area contributed by atoms with Crippen LogP contribution in [0.15, 0.2) is 0 Å². The maximum Gasteiger partial charge on any atom is 0.223 e. The van der Waals surface area contributed by atoms with Gasteiger partial charge in [0, 0.05) is 31.6 Å². The van der Waals surface area contributed by atoms with Crippen molar-refractivity contribution < 1.29 is 4.79 Å². The molecule has 2 unspecified atom stereocenters. The zero-order chi connectivity index (χ0) is 9.76. The van der Waals surface area contributed by atoms with Crippen molar-refractivity contribution in [3.63, 3.8) is 0 Å². The summed E-state index contributed by atoms with van der Waals surface area (Å²) in [6, 6.07) is 1.10. The van der Waals surface area contributed by atoms with Gasteiger partial charge >= 0.3 is 0 Å². The molecule has 0 aromatic carbocycles. The van der Waals surface area contributed by atoms with Gasteiger partial charge in [0.2, 0.25) is 5.91 Å². The van der Waals surface area contributed by atoms with Crippen molar-refractivity contribution in [1.82, 2.24) is 10.2 Å². The summed E-state index contributed by atoms with van der Waals surface area (Å²) >= 11 is 0. The van der Waals surface area contributed by atoms with Crippen LogP contribution in [0.3, 0.4) is 0 Å². The van der Waals surface area contributed by atoms with E-state index in [1.165, 1.54) is 19.3 Å². The molecule has 2 bridgehead atoms. The molecule has 2 aliphatic heterocycles. The number of hydrogen-bond donors (Lipinski definition) is 1. The first-order chi connectivity index (χ1) is 6.66. The third-order valence-corrected chi connectivity index (χ3v) is 4.06. The van der Waals surface area contributed by atoms with Crippen LogP contribution in [-0.2, 0) is 4.79 Å². The predicted molar refractivity (Wildman–Crippen MR) is 53.9 cm³/mol. The topological polar surface area (TPSA) is 32.3 Å². The van der Waals surface area contributed by atoms with Crippen molar-refractivity contribution in [1.29, 1.82) is 0 Å². The van der Waals surface area contributed by atoms with Gasteiger partial charge in [0.05, 0.1) is 0 Å². The Kier molecular flexibility index (Phi) is 1.69. The van der Waals surface area contributed by atoms with Crippen LogP contribution in [-0.4, -0.2) is 36.0 Å². The number of nitrogens with zero attached hydrogens (tertiary/aromatic N) is 1. The van der Waals surface area contributed by atoms with Crippen molar-refractivity contribution in [2.75, 3.05) is 13.1 Å². The monoisotopic (exact) mass is 194 g/mol. The Hall–Kier alpha value is -0.570. The van der Waals surface area contributed by atoms with E-state index in [9.17, 15) is 4.79 Å². The molecule has 2 atom stereocenters. The lowest BCUT2D eigenvalue weighted by Crippen LogP contribution is -2.46. The number of hydrogen-bond acceptors (Lipinski definition) is 2. The normalized spacial score (nSPS) is 37.6. The molecule has 78 valence electrons. The summed E-state index contributed by atoms with van der Waals surface area (Å²) < 4.78 is 0. The van der Waals surface area contributed by atoms with Crippen LogP contribution >= 0.6 is 0 Å². The third kappa shape index (κ3) is 1.34. The fourth-order valence-corrected chi connectivity index (χ4v) is 2.72. The van der Waals surface area contributed by atoms with Crippen molar-refractivity contribution in [2.45, 2.75) is 44.7 Å². The second-order valence-electron chi connectivity index (χ2n) is 5.53. The highest BCUT2D eigenvalue weighted by Crippen LogP contribution is 2.48. The SMILES string of the molecule is CC1(CC(=O)N2CC3CC2CN3)CC1. The number of piperazine rings is 1. The van der Waals surface area contributed by atoms with E-state index in [1.54, 1.807) is 0 Å². The van der Waals surface area contributed by atoms with Crippen molar-refractivity contribution in [2.24, 2.45) is 5.41 Å². The van der Waals surface area contributed by atoms with Gasteiger partial charge in [0.15, 0.2) is 0 Å². The van der Waals surface area contributed by atoms with Crippen molar-refractivity contribution in [3.05, 3.63) is 0 Å². The minimum absolute atomic E-state index is 0.367. The summed E-state index contributed by atoms with van der Waals surface area (Å²) in [5.74, 6) is 0.402. The Balaban J connectivity index is 1.63. The van der Waals surface area contributed by atoms with Crippen LogP contribution in [0.5, 0.6) is 0 Å². The molecular weight excluding hydrogens is 176 g/mol. The number of fused-ring (bicyclic) bond motifs is 2. The minimum Gasteiger partial charge on any atom is -0.337 e. The number of likely N-dealkylation sites (tertiary alicyclic amines) is 1. The van der Waals surface area contributed by atoms with Crippen molar-refractivity contribution in [3.8, 4) is 0 Å². The van der Waals surface area contributed by atoms with Crippen LogP contribution in [0.25, 0.3) is 0 Å².